The molecule has 1 fully saturated rings. The van der Waals surface area contributed by atoms with E-state index in [-0.39, 0.29) is 5.75 Å². The Kier molecular flexibility index (Phi) is 9.24. The van der Waals surface area contributed by atoms with Gasteiger partial charge < -0.3 is 24.2 Å². The number of aliphatic hydroxyl groups excluding tert-OH is 1. The van der Waals surface area contributed by atoms with Gasteiger partial charge in [0, 0.05) is 12.3 Å². The number of para-hydroxylation sites is 1. The van der Waals surface area contributed by atoms with E-state index in [9.17, 15) is 33.6 Å². The monoisotopic (exact) mass is 572 g/mol. The first-order chi connectivity index (χ1) is 18.1. The van der Waals surface area contributed by atoms with Crippen molar-refractivity contribution in [2.24, 2.45) is 5.92 Å². The van der Waals surface area contributed by atoms with E-state index < -0.39 is 79.3 Å². The highest BCUT2D eigenvalue weighted by Gasteiger charge is 2.62. The number of carbonyl (C=O) groups excluding carboxylic acids is 1. The third-order valence-electron chi connectivity index (χ3n) is 6.12. The number of carbonyl (C=O) groups is 1. The van der Waals surface area contributed by atoms with Crippen LogP contribution in [0.25, 0.3) is 0 Å². The molecule has 0 spiro atoms. The molecule has 1 saturated heterocycles. The van der Waals surface area contributed by atoms with Gasteiger partial charge in [0.15, 0.2) is 11.8 Å². The van der Waals surface area contributed by atoms with Crippen molar-refractivity contribution in [1.29, 1.82) is 0 Å². The van der Waals surface area contributed by atoms with Crippen molar-refractivity contribution in [1.82, 2.24) is 9.55 Å². The van der Waals surface area contributed by atoms with Crippen molar-refractivity contribution in [3.63, 3.8) is 0 Å². The molecule has 0 bridgehead atoms. The van der Waals surface area contributed by atoms with Crippen LogP contribution in [0.1, 0.15) is 40.8 Å². The molecule has 0 aliphatic carbocycles. The summed E-state index contributed by atoms with van der Waals surface area (Å²) in [4.78, 5) is 38.3. The number of hydrogen-bond donors (Lipinski definition) is 3. The van der Waals surface area contributed by atoms with Crippen LogP contribution in [0, 0.1) is 5.92 Å². The Balaban J connectivity index is 1.96. The minimum Gasteiger partial charge on any atom is -0.463 e. The number of nitrogens with zero attached hydrogens (tertiary/aromatic N) is 1. The summed E-state index contributed by atoms with van der Waals surface area (Å²) in [7, 11) is -4.24. The summed E-state index contributed by atoms with van der Waals surface area (Å²) in [5.41, 5.74) is -6.12. The van der Waals surface area contributed by atoms with Gasteiger partial charge >= 0.3 is 19.3 Å². The van der Waals surface area contributed by atoms with E-state index >= 15 is 0 Å². The van der Waals surface area contributed by atoms with Crippen LogP contribution in [0.5, 0.6) is 5.75 Å². The lowest BCUT2D eigenvalue weighted by molar-refractivity contribution is -0.151. The first-order valence-corrected chi connectivity index (χ1v) is 14.0. The number of aromatic nitrogens is 2. The number of ether oxygens (including phenoxy) is 2. The zero-order chi connectivity index (χ0) is 29.2. The van der Waals surface area contributed by atoms with E-state index in [0.717, 1.165) is 16.8 Å². The number of hydrogen-bond acceptors (Lipinski definition) is 10. The van der Waals surface area contributed by atoms with Gasteiger partial charge in [-0.2, -0.15) is 0 Å². The highest BCUT2D eigenvalue weighted by Crippen LogP contribution is 2.55. The summed E-state index contributed by atoms with van der Waals surface area (Å²) in [5, 5.41) is 22.0. The molecule has 39 heavy (non-hydrogen) atoms. The highest BCUT2D eigenvalue weighted by molar-refractivity contribution is 7.54. The van der Waals surface area contributed by atoms with Gasteiger partial charge in [-0.1, -0.05) is 25.1 Å². The third kappa shape index (κ3) is 6.85. The minimum atomic E-state index is -4.24. The molecule has 2 heterocycles. The summed E-state index contributed by atoms with van der Waals surface area (Å²) >= 11 is 0. The summed E-state index contributed by atoms with van der Waals surface area (Å²) < 4.78 is 51.7. The van der Waals surface area contributed by atoms with E-state index in [4.69, 9.17) is 18.5 Å². The average Bonchev–Trinajstić information content (AvgIpc) is 3.10. The van der Waals surface area contributed by atoms with Gasteiger partial charge in [-0.25, -0.2) is 13.8 Å². The van der Waals surface area contributed by atoms with Crippen molar-refractivity contribution in [3.05, 3.63) is 63.4 Å². The number of esters is 1. The van der Waals surface area contributed by atoms with Crippen LogP contribution < -0.4 is 15.8 Å². The number of aliphatic hydroxyl groups is 2. The second-order valence-electron chi connectivity index (χ2n) is 10.3. The highest BCUT2D eigenvalue weighted by atomic mass is 31.2. The normalized spacial score (nSPS) is 25.7. The smallest absolute Gasteiger partial charge is 0.380 e. The molecule has 12 nitrogen and oxygen atoms in total. The van der Waals surface area contributed by atoms with Gasteiger partial charge in [-0.15, -0.1) is 0 Å². The number of halogens is 1. The third-order valence-corrected chi connectivity index (χ3v) is 8.35. The van der Waals surface area contributed by atoms with Crippen molar-refractivity contribution in [2.75, 3.05) is 12.8 Å². The molecular formula is C25H34FN2O10P. The zero-order valence-corrected chi connectivity index (χ0v) is 23.2. The van der Waals surface area contributed by atoms with E-state index in [1.54, 1.807) is 32.0 Å². The number of benzene rings is 1. The fraction of sp³-hybridized carbons (Fsp3) is 0.560. The topological polar surface area (TPSA) is 166 Å². The SMILES string of the molecule is CC(C)OC(=O)[C@H](C)CP(=O)(Oc1ccccc1)OC(C)(C)[C@H]1O[C@@H](n2ccc(=O)[nH]c2=O)C(O)(CF)[C@H]1O. The predicted molar refractivity (Wildman–Crippen MR) is 137 cm³/mol. The van der Waals surface area contributed by atoms with Crippen molar-refractivity contribution in [3.8, 4) is 5.75 Å². The molecule has 3 rings (SSSR count). The van der Waals surface area contributed by atoms with Crippen LogP contribution in [0.2, 0.25) is 0 Å². The Morgan fingerprint density at radius 3 is 2.44 bits per heavy atom. The van der Waals surface area contributed by atoms with Gasteiger partial charge in [0.25, 0.3) is 5.56 Å². The molecule has 0 amide bonds. The van der Waals surface area contributed by atoms with Crippen molar-refractivity contribution < 1.29 is 42.5 Å². The quantitative estimate of drug-likeness (QED) is 0.268. The molecule has 1 aliphatic heterocycles. The fourth-order valence-electron chi connectivity index (χ4n) is 4.25. The Labute approximate surface area is 224 Å². The number of rotatable bonds is 11. The molecule has 2 unspecified atom stereocenters. The fourth-order valence-corrected chi connectivity index (χ4v) is 6.52. The van der Waals surface area contributed by atoms with Crippen molar-refractivity contribution in [2.45, 2.75) is 70.4 Å². The van der Waals surface area contributed by atoms with Crippen LogP contribution in [-0.2, 0) is 23.4 Å². The average molecular weight is 573 g/mol. The maximum absolute atomic E-state index is 14.2. The largest absolute Gasteiger partial charge is 0.463 e. The molecule has 3 N–H and O–H groups in total. The minimum absolute atomic E-state index is 0.173. The van der Waals surface area contributed by atoms with E-state index in [1.165, 1.54) is 32.9 Å². The molecule has 14 heteroatoms. The van der Waals surface area contributed by atoms with Gasteiger partial charge in [0.1, 0.15) is 30.2 Å². The van der Waals surface area contributed by atoms with E-state index in [1.807, 2.05) is 4.98 Å². The zero-order valence-electron chi connectivity index (χ0n) is 22.3. The molecule has 6 atom stereocenters. The molecule has 1 aromatic carbocycles. The first-order valence-electron chi connectivity index (χ1n) is 12.3. The summed E-state index contributed by atoms with van der Waals surface area (Å²) in [5.74, 6) is -1.39. The van der Waals surface area contributed by atoms with Crippen LogP contribution in [0.15, 0.2) is 52.2 Å². The van der Waals surface area contributed by atoms with E-state index in [0.29, 0.717) is 0 Å². The van der Waals surface area contributed by atoms with Gasteiger partial charge in [-0.3, -0.25) is 23.7 Å². The molecule has 0 saturated carbocycles. The number of aromatic amines is 1. The second kappa shape index (κ2) is 11.7. The Hall–Kier alpha value is -2.83. The number of H-pyrrole nitrogens is 1. The summed E-state index contributed by atoms with van der Waals surface area (Å²) in [6.07, 6.45) is -5.15. The van der Waals surface area contributed by atoms with Crippen LogP contribution in [0.4, 0.5) is 4.39 Å². The molecule has 216 valence electrons. The summed E-state index contributed by atoms with van der Waals surface area (Å²) in [6.45, 7) is 6.03. The Morgan fingerprint density at radius 2 is 1.87 bits per heavy atom. The lowest BCUT2D eigenvalue weighted by atomic mass is 9.88. The number of nitrogens with one attached hydrogen (secondary N) is 1. The lowest BCUT2D eigenvalue weighted by Crippen LogP contribution is -2.54. The van der Waals surface area contributed by atoms with E-state index in [2.05, 4.69) is 0 Å². The summed E-state index contributed by atoms with van der Waals surface area (Å²) in [6, 6.07) is 9.01. The molecule has 1 aliphatic rings. The maximum atomic E-state index is 14.2. The predicted octanol–water partition coefficient (Wildman–Crippen LogP) is 2.15. The molecule has 2 aromatic rings. The van der Waals surface area contributed by atoms with Crippen LogP contribution in [0.3, 0.4) is 0 Å². The molecular weight excluding hydrogens is 538 g/mol. The van der Waals surface area contributed by atoms with Crippen LogP contribution >= 0.6 is 7.60 Å². The lowest BCUT2D eigenvalue weighted by Gasteiger charge is -2.36. The molecule has 1 aromatic heterocycles. The second-order valence-corrected chi connectivity index (χ2v) is 12.2. The maximum Gasteiger partial charge on any atom is 0.380 e. The Morgan fingerprint density at radius 1 is 1.23 bits per heavy atom. The van der Waals surface area contributed by atoms with Crippen LogP contribution in [-0.4, -0.2) is 68.1 Å². The first kappa shape index (κ1) is 30.7. The Bertz CT molecular complexity index is 1310. The van der Waals surface area contributed by atoms with Gasteiger partial charge in [0.2, 0.25) is 0 Å². The van der Waals surface area contributed by atoms with Gasteiger partial charge in [-0.05, 0) is 39.8 Å². The van der Waals surface area contributed by atoms with Gasteiger partial charge in [0.05, 0.1) is 18.2 Å². The standard InChI is InChI=1S/C25H34FN2O10P/c1-15(2)35-21(31)16(3)13-39(34,37-17-9-7-6-8-10-17)38-24(4,5)20-19(30)25(33,14-26)22(36-20)28-12-11-18(29)27-23(28)32/h6-12,15-16,19-20,22,30,33H,13-14H2,1-5H3,(H,27,29,32)/t16-,19+,20+,22-,25?,39?/m1/s1. The number of alkyl halides is 1. The van der Waals surface area contributed by atoms with Crippen molar-refractivity contribution >= 4 is 13.6 Å². The molecule has 0 radical (unpaired) electrons.